The van der Waals surface area contributed by atoms with Gasteiger partial charge in [0.15, 0.2) is 5.96 Å². The number of rotatable bonds is 6. The van der Waals surface area contributed by atoms with E-state index < -0.39 is 0 Å². The van der Waals surface area contributed by atoms with Crippen molar-refractivity contribution >= 4 is 17.3 Å². The Morgan fingerprint density at radius 3 is 2.62 bits per heavy atom. The van der Waals surface area contributed by atoms with Gasteiger partial charge < -0.3 is 15.0 Å². The number of nitrogens with zero attached hydrogens (tertiary/aromatic N) is 3. The van der Waals surface area contributed by atoms with Gasteiger partial charge in [0.25, 0.3) is 0 Å². The van der Waals surface area contributed by atoms with Crippen LogP contribution in [0.15, 0.2) is 52.8 Å². The SMILES string of the molecule is CN(C)C(=NCc1ccccc1)NCC(c1cccs1)N1CCOCC1. The van der Waals surface area contributed by atoms with Crippen molar-refractivity contribution in [3.05, 3.63) is 58.3 Å². The first-order valence-corrected chi connectivity index (χ1v) is 9.97. The minimum Gasteiger partial charge on any atom is -0.379 e. The quantitative estimate of drug-likeness (QED) is 0.625. The van der Waals surface area contributed by atoms with Crippen LogP contribution in [0.1, 0.15) is 16.5 Å². The van der Waals surface area contributed by atoms with Gasteiger partial charge in [0.2, 0.25) is 0 Å². The molecule has 1 N–H and O–H groups in total. The second-order valence-corrected chi connectivity index (χ2v) is 7.56. The minimum absolute atomic E-state index is 0.348. The summed E-state index contributed by atoms with van der Waals surface area (Å²) in [5, 5.41) is 5.73. The zero-order valence-electron chi connectivity index (χ0n) is 15.6. The Balaban J connectivity index is 1.66. The largest absolute Gasteiger partial charge is 0.379 e. The Morgan fingerprint density at radius 1 is 1.19 bits per heavy atom. The summed E-state index contributed by atoms with van der Waals surface area (Å²) in [6, 6.07) is 15.1. The van der Waals surface area contributed by atoms with Gasteiger partial charge in [-0.05, 0) is 17.0 Å². The average molecular weight is 373 g/mol. The Bertz CT molecular complexity index is 666. The number of hydrogen-bond acceptors (Lipinski definition) is 4. The fourth-order valence-corrected chi connectivity index (χ4v) is 3.93. The molecule has 5 nitrogen and oxygen atoms in total. The highest BCUT2D eigenvalue weighted by Gasteiger charge is 2.23. The fourth-order valence-electron chi connectivity index (χ4n) is 3.07. The van der Waals surface area contributed by atoms with Crippen molar-refractivity contribution in [2.24, 2.45) is 4.99 Å². The van der Waals surface area contributed by atoms with Crippen LogP contribution in [-0.2, 0) is 11.3 Å². The zero-order chi connectivity index (χ0) is 18.2. The molecular weight excluding hydrogens is 344 g/mol. The molecule has 2 aromatic rings. The van der Waals surface area contributed by atoms with E-state index in [1.54, 1.807) is 0 Å². The van der Waals surface area contributed by atoms with Crippen LogP contribution in [0.5, 0.6) is 0 Å². The lowest BCUT2D eigenvalue weighted by molar-refractivity contribution is 0.0176. The molecule has 0 aliphatic carbocycles. The van der Waals surface area contributed by atoms with Crippen LogP contribution < -0.4 is 5.32 Å². The van der Waals surface area contributed by atoms with Gasteiger partial charge in [0.05, 0.1) is 25.8 Å². The molecule has 140 valence electrons. The van der Waals surface area contributed by atoms with Gasteiger partial charge in [-0.3, -0.25) is 4.90 Å². The first-order valence-electron chi connectivity index (χ1n) is 9.09. The number of ether oxygens (including phenoxy) is 1. The van der Waals surface area contributed by atoms with E-state index in [1.807, 2.05) is 36.4 Å². The summed E-state index contributed by atoms with van der Waals surface area (Å²) < 4.78 is 5.53. The average Bonchev–Trinajstić information content (AvgIpc) is 3.20. The molecule has 6 heteroatoms. The predicted octanol–water partition coefficient (Wildman–Crippen LogP) is 2.83. The molecule has 0 radical (unpaired) electrons. The molecule has 1 aromatic heterocycles. The number of aliphatic imine (C=N–C) groups is 1. The lowest BCUT2D eigenvalue weighted by Gasteiger charge is -2.34. The minimum atomic E-state index is 0.348. The second-order valence-electron chi connectivity index (χ2n) is 6.58. The molecule has 0 saturated carbocycles. The molecule has 1 fully saturated rings. The monoisotopic (exact) mass is 372 g/mol. The van der Waals surface area contributed by atoms with E-state index in [1.165, 1.54) is 10.4 Å². The second kappa shape index (κ2) is 9.71. The number of guanidine groups is 1. The standard InChI is InChI=1S/C20H28N4OS/c1-23(2)20(21-15-17-7-4-3-5-8-17)22-16-18(19-9-6-14-26-19)24-10-12-25-13-11-24/h3-9,14,18H,10-13,15-16H2,1-2H3,(H,21,22). The van der Waals surface area contributed by atoms with Gasteiger partial charge >= 0.3 is 0 Å². The van der Waals surface area contributed by atoms with E-state index >= 15 is 0 Å². The summed E-state index contributed by atoms with van der Waals surface area (Å²) in [7, 11) is 4.07. The van der Waals surface area contributed by atoms with Crippen LogP contribution in [0.2, 0.25) is 0 Å². The predicted molar refractivity (Wildman–Crippen MR) is 109 cm³/mol. The van der Waals surface area contributed by atoms with Crippen molar-refractivity contribution in [2.75, 3.05) is 46.9 Å². The number of thiophene rings is 1. The van der Waals surface area contributed by atoms with E-state index in [0.29, 0.717) is 12.6 Å². The van der Waals surface area contributed by atoms with Gasteiger partial charge in [-0.2, -0.15) is 0 Å². The summed E-state index contributed by atoms with van der Waals surface area (Å²) in [6.07, 6.45) is 0. The molecule has 1 aromatic carbocycles. The van der Waals surface area contributed by atoms with E-state index in [-0.39, 0.29) is 0 Å². The summed E-state index contributed by atoms with van der Waals surface area (Å²) >= 11 is 1.82. The molecule has 0 spiro atoms. The van der Waals surface area contributed by atoms with Gasteiger partial charge in [-0.15, -0.1) is 11.3 Å². The summed E-state index contributed by atoms with van der Waals surface area (Å²) in [4.78, 5) is 10.7. The van der Waals surface area contributed by atoms with Crippen molar-refractivity contribution in [1.29, 1.82) is 0 Å². The third-order valence-corrected chi connectivity index (χ3v) is 5.46. The van der Waals surface area contributed by atoms with E-state index in [9.17, 15) is 0 Å². The molecule has 1 aliphatic heterocycles. The number of hydrogen-bond donors (Lipinski definition) is 1. The lowest BCUT2D eigenvalue weighted by Crippen LogP contribution is -2.45. The molecule has 3 rings (SSSR count). The highest BCUT2D eigenvalue weighted by atomic mass is 32.1. The van der Waals surface area contributed by atoms with Crippen molar-refractivity contribution in [3.8, 4) is 0 Å². The normalized spacial score (nSPS) is 17.1. The molecule has 1 saturated heterocycles. The molecule has 1 unspecified atom stereocenters. The van der Waals surface area contributed by atoms with E-state index in [2.05, 4.69) is 52.0 Å². The topological polar surface area (TPSA) is 40.1 Å². The van der Waals surface area contributed by atoms with Crippen LogP contribution in [0.25, 0.3) is 0 Å². The summed E-state index contributed by atoms with van der Waals surface area (Å²) in [5.41, 5.74) is 1.22. The molecule has 2 heterocycles. The highest BCUT2D eigenvalue weighted by Crippen LogP contribution is 2.25. The third-order valence-electron chi connectivity index (χ3n) is 4.49. The van der Waals surface area contributed by atoms with Gasteiger partial charge in [0, 0.05) is 38.6 Å². The molecular formula is C20H28N4OS. The zero-order valence-corrected chi connectivity index (χ0v) is 16.4. The molecule has 1 aliphatic rings. The number of morpholine rings is 1. The summed E-state index contributed by atoms with van der Waals surface area (Å²) in [5.74, 6) is 0.920. The van der Waals surface area contributed by atoms with Crippen LogP contribution in [0, 0.1) is 0 Å². The number of nitrogens with one attached hydrogen (secondary N) is 1. The van der Waals surface area contributed by atoms with Gasteiger partial charge in [0.1, 0.15) is 0 Å². The fraction of sp³-hybridized carbons (Fsp3) is 0.450. The van der Waals surface area contributed by atoms with Crippen LogP contribution in [-0.4, -0.2) is 62.7 Å². The molecule has 1 atom stereocenters. The van der Waals surface area contributed by atoms with E-state index in [4.69, 9.17) is 9.73 Å². The first kappa shape index (κ1) is 18.9. The maximum Gasteiger partial charge on any atom is 0.193 e. The smallest absolute Gasteiger partial charge is 0.193 e. The van der Waals surface area contributed by atoms with Crippen molar-refractivity contribution < 1.29 is 4.74 Å². The maximum atomic E-state index is 5.53. The molecule has 0 bridgehead atoms. The molecule has 26 heavy (non-hydrogen) atoms. The van der Waals surface area contributed by atoms with Crippen molar-refractivity contribution in [1.82, 2.24) is 15.1 Å². The van der Waals surface area contributed by atoms with Crippen LogP contribution in [0.4, 0.5) is 0 Å². The molecule has 0 amide bonds. The Labute approximate surface area is 160 Å². The third kappa shape index (κ3) is 5.30. The summed E-state index contributed by atoms with van der Waals surface area (Å²) in [6.45, 7) is 5.09. The maximum absolute atomic E-state index is 5.53. The van der Waals surface area contributed by atoms with Gasteiger partial charge in [-0.25, -0.2) is 4.99 Å². The van der Waals surface area contributed by atoms with Crippen LogP contribution >= 0.6 is 11.3 Å². The van der Waals surface area contributed by atoms with Gasteiger partial charge in [-0.1, -0.05) is 36.4 Å². The Morgan fingerprint density at radius 2 is 1.96 bits per heavy atom. The highest BCUT2D eigenvalue weighted by molar-refractivity contribution is 7.10. The van der Waals surface area contributed by atoms with Crippen molar-refractivity contribution in [2.45, 2.75) is 12.6 Å². The Hall–Kier alpha value is -1.89. The van der Waals surface area contributed by atoms with Crippen molar-refractivity contribution in [3.63, 3.8) is 0 Å². The number of benzene rings is 1. The first-order chi connectivity index (χ1) is 12.7. The van der Waals surface area contributed by atoms with Crippen LogP contribution in [0.3, 0.4) is 0 Å². The van der Waals surface area contributed by atoms with E-state index in [0.717, 1.165) is 38.8 Å². The lowest BCUT2D eigenvalue weighted by atomic mass is 10.2. The Kier molecular flexibility index (Phi) is 7.05.